The van der Waals surface area contributed by atoms with Gasteiger partial charge in [0.1, 0.15) is 0 Å². The smallest absolute Gasteiger partial charge is 0.0406 e. The third-order valence-electron chi connectivity index (χ3n) is 5.70. The second-order valence-corrected chi connectivity index (χ2v) is 7.39. The molecule has 0 aliphatic heterocycles. The molecule has 0 saturated heterocycles. The number of pyridine rings is 1. The highest BCUT2D eigenvalue weighted by Gasteiger charge is 2.50. The van der Waals surface area contributed by atoms with Crippen molar-refractivity contribution < 1.29 is 0 Å². The molecule has 2 fully saturated rings. The maximum Gasteiger partial charge on any atom is 0.0406 e. The predicted molar refractivity (Wildman–Crippen MR) is 94.5 cm³/mol. The number of nitrogens with zero attached hydrogens (tertiary/aromatic N) is 1. The van der Waals surface area contributed by atoms with E-state index in [1.807, 2.05) is 30.6 Å². The van der Waals surface area contributed by atoms with Gasteiger partial charge in [0, 0.05) is 35.9 Å². The van der Waals surface area contributed by atoms with Crippen LogP contribution in [0, 0.1) is 11.8 Å². The zero-order valence-electron chi connectivity index (χ0n) is 13.3. The van der Waals surface area contributed by atoms with Crippen LogP contribution in [0.5, 0.6) is 0 Å². The van der Waals surface area contributed by atoms with E-state index in [2.05, 4.69) is 28.5 Å². The molecule has 2 aliphatic rings. The van der Waals surface area contributed by atoms with Gasteiger partial charge < -0.3 is 5.32 Å². The maximum absolute atomic E-state index is 6.07. The molecular formula is C20H23ClN2. The Hall–Kier alpha value is -1.38. The minimum Gasteiger partial charge on any atom is -0.309 e. The summed E-state index contributed by atoms with van der Waals surface area (Å²) >= 11 is 6.07. The summed E-state index contributed by atoms with van der Waals surface area (Å²) in [6, 6.07) is 13.2. The topological polar surface area (TPSA) is 24.9 Å². The van der Waals surface area contributed by atoms with Crippen LogP contribution in [0.4, 0.5) is 0 Å². The number of hydrogen-bond acceptors (Lipinski definition) is 2. The fourth-order valence-electron chi connectivity index (χ4n) is 4.62. The van der Waals surface area contributed by atoms with Crippen molar-refractivity contribution in [1.82, 2.24) is 10.3 Å². The SMILES string of the molecule is Clc1ccc([C@H]2[C@@H]3CCCC[C@@H]3[C@@H]2NCc2cccnc2)cc1. The number of fused-ring (bicyclic) bond motifs is 1. The molecule has 0 radical (unpaired) electrons. The normalized spacial score (nSPS) is 29.6. The molecule has 1 heterocycles. The van der Waals surface area contributed by atoms with Gasteiger partial charge in [-0.05, 0) is 54.0 Å². The van der Waals surface area contributed by atoms with Crippen LogP contribution < -0.4 is 5.32 Å². The van der Waals surface area contributed by atoms with E-state index in [1.165, 1.54) is 36.8 Å². The Kier molecular flexibility index (Phi) is 4.37. The van der Waals surface area contributed by atoms with Gasteiger partial charge in [-0.2, -0.15) is 0 Å². The summed E-state index contributed by atoms with van der Waals surface area (Å²) in [5.41, 5.74) is 2.71. The number of benzene rings is 1. The van der Waals surface area contributed by atoms with E-state index in [1.54, 1.807) is 0 Å². The fraction of sp³-hybridized carbons (Fsp3) is 0.450. The molecule has 1 aromatic carbocycles. The zero-order valence-corrected chi connectivity index (χ0v) is 14.0. The molecule has 4 rings (SSSR count). The van der Waals surface area contributed by atoms with Crippen LogP contribution in [-0.2, 0) is 6.54 Å². The zero-order chi connectivity index (χ0) is 15.6. The van der Waals surface area contributed by atoms with Crippen LogP contribution in [0.1, 0.15) is 42.7 Å². The first-order chi connectivity index (χ1) is 11.3. The molecule has 0 spiro atoms. The van der Waals surface area contributed by atoms with Gasteiger partial charge in [0.05, 0.1) is 0 Å². The average molecular weight is 327 g/mol. The standard InChI is InChI=1S/C20H23ClN2/c21-16-9-7-15(8-10-16)19-17-5-1-2-6-18(17)20(19)23-13-14-4-3-11-22-12-14/h3-4,7-12,17-20,23H,1-2,5-6,13H2/t17-,18+,19+,20+/m1/s1. The Balaban J connectivity index is 1.51. The van der Waals surface area contributed by atoms with Gasteiger partial charge in [-0.15, -0.1) is 0 Å². The highest BCUT2D eigenvalue weighted by Crippen LogP contribution is 2.54. The van der Waals surface area contributed by atoms with Gasteiger partial charge >= 0.3 is 0 Å². The molecule has 2 aliphatic carbocycles. The van der Waals surface area contributed by atoms with Gasteiger partial charge in [0.2, 0.25) is 0 Å². The van der Waals surface area contributed by atoms with Crippen molar-refractivity contribution in [3.05, 3.63) is 64.9 Å². The minimum absolute atomic E-state index is 0.585. The van der Waals surface area contributed by atoms with Crippen molar-refractivity contribution in [2.24, 2.45) is 11.8 Å². The third-order valence-corrected chi connectivity index (χ3v) is 5.96. The molecule has 4 atom stereocenters. The van der Waals surface area contributed by atoms with Crippen molar-refractivity contribution in [3.63, 3.8) is 0 Å². The Labute approximate surface area is 143 Å². The molecule has 0 amide bonds. The molecular weight excluding hydrogens is 304 g/mol. The van der Waals surface area contributed by atoms with Gasteiger partial charge in [-0.3, -0.25) is 4.98 Å². The molecule has 120 valence electrons. The van der Waals surface area contributed by atoms with Crippen LogP contribution in [0.15, 0.2) is 48.8 Å². The summed E-state index contributed by atoms with van der Waals surface area (Å²) in [5, 5.41) is 4.65. The van der Waals surface area contributed by atoms with Gasteiger partial charge in [0.15, 0.2) is 0 Å². The first kappa shape index (κ1) is 15.2. The summed E-state index contributed by atoms with van der Waals surface area (Å²) in [4.78, 5) is 4.22. The number of nitrogens with one attached hydrogen (secondary N) is 1. The number of halogens is 1. The third kappa shape index (κ3) is 3.02. The van der Waals surface area contributed by atoms with Gasteiger partial charge in [-0.25, -0.2) is 0 Å². The number of hydrogen-bond donors (Lipinski definition) is 1. The summed E-state index contributed by atoms with van der Waals surface area (Å²) in [6.07, 6.45) is 9.32. The summed E-state index contributed by atoms with van der Waals surface area (Å²) < 4.78 is 0. The van der Waals surface area contributed by atoms with E-state index in [-0.39, 0.29) is 0 Å². The van der Waals surface area contributed by atoms with Crippen molar-refractivity contribution >= 4 is 11.6 Å². The van der Waals surface area contributed by atoms with Gasteiger partial charge in [-0.1, -0.05) is 42.6 Å². The van der Waals surface area contributed by atoms with E-state index >= 15 is 0 Å². The monoisotopic (exact) mass is 326 g/mol. The molecule has 3 heteroatoms. The lowest BCUT2D eigenvalue weighted by Gasteiger charge is -2.55. The summed E-state index contributed by atoms with van der Waals surface area (Å²) in [5.74, 6) is 2.31. The van der Waals surface area contributed by atoms with Crippen LogP contribution in [-0.4, -0.2) is 11.0 Å². The van der Waals surface area contributed by atoms with Crippen LogP contribution in [0.25, 0.3) is 0 Å². The lowest BCUT2D eigenvalue weighted by molar-refractivity contribution is 0.0254. The Morgan fingerprint density at radius 1 is 1.04 bits per heavy atom. The molecule has 1 N–H and O–H groups in total. The lowest BCUT2D eigenvalue weighted by atomic mass is 9.53. The van der Waals surface area contributed by atoms with Crippen molar-refractivity contribution in [1.29, 1.82) is 0 Å². The van der Waals surface area contributed by atoms with Crippen LogP contribution >= 0.6 is 11.6 Å². The highest BCUT2D eigenvalue weighted by molar-refractivity contribution is 6.30. The number of aromatic nitrogens is 1. The Bertz CT molecular complexity index is 640. The van der Waals surface area contributed by atoms with Gasteiger partial charge in [0.25, 0.3) is 0 Å². The minimum atomic E-state index is 0.585. The van der Waals surface area contributed by atoms with E-state index in [0.29, 0.717) is 12.0 Å². The molecule has 0 bridgehead atoms. The van der Waals surface area contributed by atoms with Crippen LogP contribution in [0.2, 0.25) is 5.02 Å². The lowest BCUT2D eigenvalue weighted by Crippen LogP contribution is -2.57. The molecule has 2 saturated carbocycles. The molecule has 23 heavy (non-hydrogen) atoms. The van der Waals surface area contributed by atoms with E-state index in [9.17, 15) is 0 Å². The predicted octanol–water partition coefficient (Wildman–Crippen LogP) is 4.80. The average Bonchev–Trinajstić information content (AvgIpc) is 2.59. The van der Waals surface area contributed by atoms with Crippen molar-refractivity contribution in [2.45, 2.75) is 44.2 Å². The first-order valence-electron chi connectivity index (χ1n) is 8.71. The van der Waals surface area contributed by atoms with Crippen molar-refractivity contribution in [3.8, 4) is 0 Å². The fourth-order valence-corrected chi connectivity index (χ4v) is 4.75. The van der Waals surface area contributed by atoms with E-state index in [4.69, 9.17) is 11.6 Å². The first-order valence-corrected chi connectivity index (χ1v) is 9.08. The second-order valence-electron chi connectivity index (χ2n) is 6.96. The van der Waals surface area contributed by atoms with E-state index in [0.717, 1.165) is 23.4 Å². The molecule has 2 nitrogen and oxygen atoms in total. The summed E-state index contributed by atoms with van der Waals surface area (Å²) in [6.45, 7) is 0.909. The maximum atomic E-state index is 6.07. The highest BCUT2D eigenvalue weighted by atomic mass is 35.5. The largest absolute Gasteiger partial charge is 0.309 e. The summed E-state index contributed by atoms with van der Waals surface area (Å²) in [7, 11) is 0. The molecule has 1 aromatic heterocycles. The second kappa shape index (κ2) is 6.62. The van der Waals surface area contributed by atoms with Crippen molar-refractivity contribution in [2.75, 3.05) is 0 Å². The van der Waals surface area contributed by atoms with E-state index < -0.39 is 0 Å². The quantitative estimate of drug-likeness (QED) is 0.873. The van der Waals surface area contributed by atoms with Crippen LogP contribution in [0.3, 0.4) is 0 Å². The Morgan fingerprint density at radius 2 is 1.83 bits per heavy atom. The number of rotatable bonds is 4. The molecule has 0 unspecified atom stereocenters. The molecule has 2 aromatic rings. The Morgan fingerprint density at radius 3 is 2.57 bits per heavy atom.